The van der Waals surface area contributed by atoms with Crippen LogP contribution in [0.4, 0.5) is 0 Å². The highest BCUT2D eigenvalue weighted by atomic mass is 16.3. The molecule has 0 aliphatic heterocycles. The Kier molecular flexibility index (Phi) is 2.54. The van der Waals surface area contributed by atoms with Gasteiger partial charge in [0.2, 0.25) is 0 Å². The molecule has 1 aromatic heterocycles. The average molecular weight is 279 g/mol. The van der Waals surface area contributed by atoms with E-state index in [9.17, 15) is 9.90 Å². The fourth-order valence-electron chi connectivity index (χ4n) is 2.76. The number of carbonyl (C=O) groups excluding carboxylic acids is 1. The van der Waals surface area contributed by atoms with E-state index < -0.39 is 0 Å². The molecule has 1 aliphatic carbocycles. The van der Waals surface area contributed by atoms with Gasteiger partial charge in [-0.3, -0.25) is 4.79 Å². The number of aromatic hydroxyl groups is 1. The Morgan fingerprint density at radius 1 is 1.14 bits per heavy atom. The first-order valence-corrected chi connectivity index (χ1v) is 6.91. The largest absolute Gasteiger partial charge is 0.507 e. The van der Waals surface area contributed by atoms with Crippen molar-refractivity contribution < 1.29 is 9.90 Å². The smallest absolute Gasteiger partial charge is 0.172 e. The van der Waals surface area contributed by atoms with Gasteiger partial charge in [0.05, 0.1) is 11.4 Å². The Bertz CT molecular complexity index is 850. The van der Waals surface area contributed by atoms with Crippen LogP contribution in [0, 0.1) is 0 Å². The molecular formula is C16H13N3O2. The van der Waals surface area contributed by atoms with Crippen molar-refractivity contribution in [1.29, 1.82) is 0 Å². The van der Waals surface area contributed by atoms with Crippen LogP contribution in [-0.4, -0.2) is 26.4 Å². The fraction of sp³-hybridized carbons (Fsp3) is 0.188. The van der Waals surface area contributed by atoms with E-state index in [1.54, 1.807) is 16.8 Å². The third-order valence-electron chi connectivity index (χ3n) is 3.91. The van der Waals surface area contributed by atoms with Gasteiger partial charge in [-0.25, -0.2) is 4.68 Å². The van der Waals surface area contributed by atoms with E-state index in [4.69, 9.17) is 0 Å². The minimum Gasteiger partial charge on any atom is -0.507 e. The highest BCUT2D eigenvalue weighted by molar-refractivity contribution is 5.94. The van der Waals surface area contributed by atoms with Crippen molar-refractivity contribution in [2.24, 2.45) is 0 Å². The van der Waals surface area contributed by atoms with Crippen LogP contribution in [0.1, 0.15) is 34.9 Å². The standard InChI is InChI=1S/C16H13N3O2/c20-9-13-16(10-7-8-10)19(18-17-13)14-5-1-4-12-11(14)3-2-6-15(12)21/h1-6,9-10,21H,7-8H2. The summed E-state index contributed by atoms with van der Waals surface area (Å²) >= 11 is 0. The van der Waals surface area contributed by atoms with Crippen molar-refractivity contribution in [3.63, 3.8) is 0 Å². The fourth-order valence-corrected chi connectivity index (χ4v) is 2.76. The number of fused-ring (bicyclic) bond motifs is 1. The third kappa shape index (κ3) is 1.81. The molecule has 5 heteroatoms. The summed E-state index contributed by atoms with van der Waals surface area (Å²) in [6, 6.07) is 11.1. The molecule has 1 N–H and O–H groups in total. The molecule has 0 spiro atoms. The first kappa shape index (κ1) is 12.1. The van der Waals surface area contributed by atoms with Gasteiger partial charge in [-0.2, -0.15) is 0 Å². The Morgan fingerprint density at radius 2 is 1.90 bits per heavy atom. The third-order valence-corrected chi connectivity index (χ3v) is 3.91. The van der Waals surface area contributed by atoms with Crippen LogP contribution in [0.15, 0.2) is 36.4 Å². The lowest BCUT2D eigenvalue weighted by Crippen LogP contribution is -2.03. The number of hydrogen-bond acceptors (Lipinski definition) is 4. The molecular weight excluding hydrogens is 266 g/mol. The highest BCUT2D eigenvalue weighted by Crippen LogP contribution is 2.42. The monoisotopic (exact) mass is 279 g/mol. The number of aromatic nitrogens is 3. The number of aldehydes is 1. The Balaban J connectivity index is 2.01. The minimum absolute atomic E-state index is 0.234. The molecule has 0 unspecified atom stereocenters. The maximum absolute atomic E-state index is 11.2. The molecule has 1 aliphatic rings. The van der Waals surface area contributed by atoms with Crippen molar-refractivity contribution in [2.45, 2.75) is 18.8 Å². The normalized spacial score (nSPS) is 14.5. The van der Waals surface area contributed by atoms with Crippen molar-refractivity contribution in [1.82, 2.24) is 15.0 Å². The number of phenolic OH excluding ortho intramolecular Hbond substituents is 1. The van der Waals surface area contributed by atoms with Gasteiger partial charge >= 0.3 is 0 Å². The molecule has 5 nitrogen and oxygen atoms in total. The minimum atomic E-state index is 0.234. The first-order chi connectivity index (χ1) is 10.3. The molecule has 104 valence electrons. The lowest BCUT2D eigenvalue weighted by Gasteiger charge is -2.10. The van der Waals surface area contributed by atoms with Crippen molar-refractivity contribution in [2.75, 3.05) is 0 Å². The molecule has 1 saturated carbocycles. The summed E-state index contributed by atoms with van der Waals surface area (Å²) in [5.41, 5.74) is 2.13. The number of carbonyl (C=O) groups is 1. The van der Waals surface area contributed by atoms with Crippen LogP contribution in [-0.2, 0) is 0 Å². The second-order valence-electron chi connectivity index (χ2n) is 5.31. The van der Waals surface area contributed by atoms with E-state index >= 15 is 0 Å². The zero-order valence-electron chi connectivity index (χ0n) is 11.2. The molecule has 0 saturated heterocycles. The molecule has 0 amide bonds. The van der Waals surface area contributed by atoms with Crippen molar-refractivity contribution >= 4 is 17.1 Å². The molecule has 2 aromatic carbocycles. The van der Waals surface area contributed by atoms with Crippen LogP contribution in [0.25, 0.3) is 16.5 Å². The number of rotatable bonds is 3. The lowest BCUT2D eigenvalue weighted by molar-refractivity contribution is 0.111. The second-order valence-corrected chi connectivity index (χ2v) is 5.31. The van der Waals surface area contributed by atoms with E-state index in [-0.39, 0.29) is 5.75 Å². The van der Waals surface area contributed by atoms with E-state index in [0.29, 0.717) is 11.6 Å². The molecule has 3 aromatic rings. The zero-order valence-corrected chi connectivity index (χ0v) is 11.2. The van der Waals surface area contributed by atoms with Gasteiger partial charge in [-0.15, -0.1) is 5.10 Å². The van der Waals surface area contributed by atoms with E-state index in [2.05, 4.69) is 10.3 Å². The van der Waals surface area contributed by atoms with Crippen molar-refractivity contribution in [3.8, 4) is 11.4 Å². The predicted octanol–water partition coefficient (Wildman–Crippen LogP) is 2.82. The average Bonchev–Trinajstić information content (AvgIpc) is 3.26. The molecule has 4 rings (SSSR count). The summed E-state index contributed by atoms with van der Waals surface area (Å²) in [6.45, 7) is 0. The van der Waals surface area contributed by atoms with Crippen LogP contribution >= 0.6 is 0 Å². The molecule has 1 heterocycles. The SMILES string of the molecule is O=Cc1nnn(-c2cccc3c(O)cccc23)c1C1CC1. The van der Waals surface area contributed by atoms with E-state index in [0.717, 1.165) is 41.3 Å². The first-order valence-electron chi connectivity index (χ1n) is 6.91. The molecule has 0 atom stereocenters. The van der Waals surface area contributed by atoms with Crippen LogP contribution < -0.4 is 0 Å². The quantitative estimate of drug-likeness (QED) is 0.748. The summed E-state index contributed by atoms with van der Waals surface area (Å²) in [5.74, 6) is 0.589. The van der Waals surface area contributed by atoms with Gasteiger partial charge in [0.1, 0.15) is 11.4 Å². The zero-order chi connectivity index (χ0) is 14.4. The van der Waals surface area contributed by atoms with Gasteiger partial charge in [-0.05, 0) is 25.0 Å². The molecule has 0 radical (unpaired) electrons. The number of benzene rings is 2. The second kappa shape index (κ2) is 4.41. The predicted molar refractivity (Wildman–Crippen MR) is 77.9 cm³/mol. The van der Waals surface area contributed by atoms with Crippen LogP contribution in [0.3, 0.4) is 0 Å². The summed E-state index contributed by atoms with van der Waals surface area (Å²) in [6.07, 6.45) is 2.88. The molecule has 1 fully saturated rings. The maximum Gasteiger partial charge on any atom is 0.172 e. The Morgan fingerprint density at radius 3 is 2.67 bits per heavy atom. The maximum atomic E-state index is 11.2. The van der Waals surface area contributed by atoms with Crippen LogP contribution in [0.2, 0.25) is 0 Å². The number of nitrogens with zero attached hydrogens (tertiary/aromatic N) is 3. The summed E-state index contributed by atoms with van der Waals surface area (Å²) in [7, 11) is 0. The Hall–Kier alpha value is -2.69. The van der Waals surface area contributed by atoms with E-state index in [1.165, 1.54) is 0 Å². The summed E-state index contributed by atoms with van der Waals surface area (Å²) < 4.78 is 1.74. The Labute approximate surface area is 120 Å². The van der Waals surface area contributed by atoms with Crippen LogP contribution in [0.5, 0.6) is 5.75 Å². The number of hydrogen-bond donors (Lipinski definition) is 1. The van der Waals surface area contributed by atoms with Gasteiger partial charge in [0, 0.05) is 16.7 Å². The van der Waals surface area contributed by atoms with Gasteiger partial charge in [-0.1, -0.05) is 29.5 Å². The number of phenols is 1. The van der Waals surface area contributed by atoms with Crippen molar-refractivity contribution in [3.05, 3.63) is 47.8 Å². The highest BCUT2D eigenvalue weighted by Gasteiger charge is 2.32. The summed E-state index contributed by atoms with van der Waals surface area (Å²) in [5, 5.41) is 19.8. The van der Waals surface area contributed by atoms with Gasteiger partial charge in [0.15, 0.2) is 6.29 Å². The topological polar surface area (TPSA) is 68.0 Å². The molecule has 0 bridgehead atoms. The lowest BCUT2D eigenvalue weighted by atomic mass is 10.1. The van der Waals surface area contributed by atoms with Gasteiger partial charge in [0.25, 0.3) is 0 Å². The van der Waals surface area contributed by atoms with Gasteiger partial charge < -0.3 is 5.11 Å². The molecule has 21 heavy (non-hydrogen) atoms. The van der Waals surface area contributed by atoms with E-state index in [1.807, 2.05) is 24.3 Å². The summed E-state index contributed by atoms with van der Waals surface area (Å²) in [4.78, 5) is 11.2.